The van der Waals surface area contributed by atoms with Gasteiger partial charge in [-0.15, -0.1) is 0 Å². The molecule has 5 aliphatic rings. The number of allylic oxidation sites excluding steroid dienone is 1. The van der Waals surface area contributed by atoms with E-state index in [0.29, 0.717) is 45.3 Å². The van der Waals surface area contributed by atoms with Gasteiger partial charge in [-0.05, 0) is 63.4 Å². The minimum absolute atomic E-state index is 0.0529. The topological polar surface area (TPSA) is 243 Å². The first-order valence-electron chi connectivity index (χ1n) is 22.4. The van der Waals surface area contributed by atoms with Crippen LogP contribution in [0.15, 0.2) is 12.2 Å². The molecule has 0 aromatic rings. The number of hydrogen-bond donors (Lipinski definition) is 7. The highest BCUT2D eigenvalue weighted by molar-refractivity contribution is 5.87. The Labute approximate surface area is 353 Å². The Kier molecular flexibility index (Phi) is 18.7. The van der Waals surface area contributed by atoms with Crippen LogP contribution in [0.5, 0.6) is 0 Å². The average molecular weight is 854 g/mol. The smallest absolute Gasteiger partial charge is 0.251 e. The molecule has 3 amide bonds. The van der Waals surface area contributed by atoms with E-state index in [2.05, 4.69) is 10.6 Å². The molecule has 0 bridgehead atoms. The SMILES string of the molecule is CC/C=C/C(=O)NCCCC(=O)C1CC(CC)[C@@H](O[C@@H]2OC(C)[C@@H](O)[C@H](O)C2O)[C@H](O[C@@H]2O[C@@H](CO)[C@H](O)C(O[C@@H](CC3CCCCC3)C(=O)N3CCC3)C2NC(C)=O)C1. The predicted molar refractivity (Wildman–Crippen MR) is 216 cm³/mol. The van der Waals surface area contributed by atoms with Crippen LogP contribution in [0.4, 0.5) is 0 Å². The summed E-state index contributed by atoms with van der Waals surface area (Å²) in [5.74, 6) is -1.62. The lowest BCUT2D eigenvalue weighted by molar-refractivity contribution is -0.338. The van der Waals surface area contributed by atoms with Crippen molar-refractivity contribution in [3.05, 3.63) is 12.2 Å². The fourth-order valence-corrected chi connectivity index (χ4v) is 9.33. The van der Waals surface area contributed by atoms with E-state index in [1.807, 2.05) is 13.8 Å². The maximum absolute atomic E-state index is 13.9. The Hall–Kier alpha value is -2.58. The van der Waals surface area contributed by atoms with Crippen LogP contribution in [0, 0.1) is 17.8 Å². The van der Waals surface area contributed by atoms with Crippen LogP contribution < -0.4 is 10.6 Å². The molecule has 0 aromatic carbocycles. The Bertz CT molecular complexity index is 1430. The third-order valence-electron chi connectivity index (χ3n) is 13.0. The van der Waals surface area contributed by atoms with E-state index < -0.39 is 98.1 Å². The van der Waals surface area contributed by atoms with Gasteiger partial charge in [0.15, 0.2) is 12.6 Å². The number of carbonyl (C=O) groups excluding carboxylic acids is 4. The van der Waals surface area contributed by atoms with Gasteiger partial charge in [0.05, 0.1) is 24.9 Å². The Morgan fingerprint density at radius 1 is 0.883 bits per heavy atom. The highest BCUT2D eigenvalue weighted by Crippen LogP contribution is 2.40. The highest BCUT2D eigenvalue weighted by atomic mass is 16.7. The minimum atomic E-state index is -1.62. The molecule has 3 aliphatic heterocycles. The molecule has 342 valence electrons. The number of aliphatic hydroxyl groups excluding tert-OH is 5. The van der Waals surface area contributed by atoms with Crippen molar-refractivity contribution in [2.75, 3.05) is 26.2 Å². The molecule has 3 saturated heterocycles. The summed E-state index contributed by atoms with van der Waals surface area (Å²) >= 11 is 0. The standard InChI is InChI=1S/C43H71N3O14/c1-5-7-16-33(50)44-17-11-15-29(49)28-21-27(6-2)39(60-43-38(54)37(53)35(51)24(3)56-43)30(22-28)58-42-34(45-25(4)48)40(36(52)32(23-47)59-42)57-31(41(55)46-18-12-19-46)20-26-13-9-8-10-14-26/h7,16,24,26-28,30-32,34-40,42-43,47,51-54H,5-6,8-15,17-23H2,1-4H3,(H,44,50)(H,45,48)/b16-7+/t24?,27?,28?,30-,31+,32+,34?,35-,36+,37+,38?,39-,40?,42-,43+/m1/s1. The molecule has 60 heavy (non-hydrogen) atoms. The number of nitrogens with zero attached hydrogens (tertiary/aromatic N) is 1. The zero-order chi connectivity index (χ0) is 43.5. The Morgan fingerprint density at radius 2 is 1.62 bits per heavy atom. The lowest BCUT2D eigenvalue weighted by Gasteiger charge is -2.49. The molecule has 3 heterocycles. The van der Waals surface area contributed by atoms with Gasteiger partial charge in [-0.1, -0.05) is 58.4 Å². The maximum Gasteiger partial charge on any atom is 0.251 e. The van der Waals surface area contributed by atoms with Crippen molar-refractivity contribution in [2.45, 2.75) is 191 Å². The molecule has 5 rings (SSSR count). The average Bonchev–Trinajstić information content (AvgIpc) is 3.21. The number of Topliss-reactive ketones (excluding diaryl/α,β-unsaturated/α-hetero) is 1. The first kappa shape index (κ1) is 48.5. The summed E-state index contributed by atoms with van der Waals surface area (Å²) in [5, 5.41) is 59.8. The van der Waals surface area contributed by atoms with Crippen LogP contribution in [0.3, 0.4) is 0 Å². The number of carbonyl (C=O) groups is 4. The largest absolute Gasteiger partial charge is 0.394 e. The number of rotatable bonds is 19. The molecule has 2 saturated carbocycles. The predicted octanol–water partition coefficient (Wildman–Crippen LogP) is 0.992. The normalized spacial score (nSPS) is 37.0. The van der Waals surface area contributed by atoms with Gasteiger partial charge < -0.3 is 64.8 Å². The summed E-state index contributed by atoms with van der Waals surface area (Å²) < 4.78 is 31.9. The molecular weight excluding hydrogens is 782 g/mol. The van der Waals surface area contributed by atoms with Crippen molar-refractivity contribution in [3.8, 4) is 0 Å². The zero-order valence-electron chi connectivity index (χ0n) is 35.8. The lowest BCUT2D eigenvalue weighted by atomic mass is 9.74. The van der Waals surface area contributed by atoms with Crippen LogP contribution in [0.25, 0.3) is 0 Å². The number of hydrogen-bond acceptors (Lipinski definition) is 14. The summed E-state index contributed by atoms with van der Waals surface area (Å²) in [4.78, 5) is 54.5. The van der Waals surface area contributed by atoms with Crippen LogP contribution in [0.1, 0.15) is 111 Å². The van der Waals surface area contributed by atoms with Gasteiger partial charge in [0, 0.05) is 38.9 Å². The third-order valence-corrected chi connectivity index (χ3v) is 13.0. The second-order valence-electron chi connectivity index (χ2n) is 17.4. The van der Waals surface area contributed by atoms with Gasteiger partial charge >= 0.3 is 0 Å². The van der Waals surface area contributed by atoms with Crippen molar-refractivity contribution in [2.24, 2.45) is 17.8 Å². The number of ketones is 1. The van der Waals surface area contributed by atoms with Crippen LogP contribution in [-0.2, 0) is 42.9 Å². The van der Waals surface area contributed by atoms with E-state index >= 15 is 0 Å². The van der Waals surface area contributed by atoms with Crippen molar-refractivity contribution in [1.29, 1.82) is 0 Å². The van der Waals surface area contributed by atoms with Gasteiger partial charge in [-0.3, -0.25) is 19.2 Å². The molecule has 5 fully saturated rings. The van der Waals surface area contributed by atoms with E-state index in [4.69, 9.17) is 23.7 Å². The number of aliphatic hydroxyl groups is 5. The molecule has 0 radical (unpaired) electrons. The third kappa shape index (κ3) is 12.5. The van der Waals surface area contributed by atoms with Gasteiger partial charge in [0.2, 0.25) is 11.8 Å². The second kappa shape index (κ2) is 23.2. The molecule has 17 heteroatoms. The van der Waals surface area contributed by atoms with Crippen molar-refractivity contribution in [1.82, 2.24) is 15.5 Å². The van der Waals surface area contributed by atoms with E-state index in [-0.39, 0.29) is 42.3 Å². The fraction of sp³-hybridized carbons (Fsp3) is 0.860. The molecule has 0 aromatic heterocycles. The molecular formula is C43H71N3O14. The number of nitrogens with one attached hydrogen (secondary N) is 2. The maximum atomic E-state index is 13.9. The first-order valence-corrected chi connectivity index (χ1v) is 22.4. The summed E-state index contributed by atoms with van der Waals surface area (Å²) in [6.45, 7) is 7.54. The Morgan fingerprint density at radius 3 is 2.25 bits per heavy atom. The molecule has 0 spiro atoms. The quantitative estimate of drug-likeness (QED) is 0.0709. The van der Waals surface area contributed by atoms with E-state index in [0.717, 1.165) is 44.9 Å². The van der Waals surface area contributed by atoms with E-state index in [1.165, 1.54) is 13.0 Å². The van der Waals surface area contributed by atoms with Crippen LogP contribution in [0.2, 0.25) is 0 Å². The zero-order valence-corrected chi connectivity index (χ0v) is 35.8. The van der Waals surface area contributed by atoms with Gasteiger partial charge in [0.25, 0.3) is 5.91 Å². The molecule has 15 atom stereocenters. The number of amides is 3. The number of ether oxygens (including phenoxy) is 5. The van der Waals surface area contributed by atoms with Crippen LogP contribution in [-0.4, -0.2) is 160 Å². The second-order valence-corrected chi connectivity index (χ2v) is 17.4. The van der Waals surface area contributed by atoms with Crippen molar-refractivity contribution >= 4 is 23.5 Å². The summed E-state index contributed by atoms with van der Waals surface area (Å²) in [7, 11) is 0. The molecule has 6 unspecified atom stereocenters. The van der Waals surface area contributed by atoms with E-state index in [1.54, 1.807) is 17.9 Å². The first-order chi connectivity index (χ1) is 28.8. The number of likely N-dealkylation sites (tertiary alicyclic amines) is 1. The fourth-order valence-electron chi connectivity index (χ4n) is 9.33. The highest BCUT2D eigenvalue weighted by Gasteiger charge is 2.53. The summed E-state index contributed by atoms with van der Waals surface area (Å²) in [5.41, 5.74) is 0. The lowest BCUT2D eigenvalue weighted by Crippen LogP contribution is -2.67. The van der Waals surface area contributed by atoms with Crippen molar-refractivity contribution in [3.63, 3.8) is 0 Å². The Balaban J connectivity index is 1.43. The van der Waals surface area contributed by atoms with Gasteiger partial charge in [0.1, 0.15) is 54.6 Å². The minimum Gasteiger partial charge on any atom is -0.394 e. The molecule has 2 aliphatic carbocycles. The summed E-state index contributed by atoms with van der Waals surface area (Å²) in [6, 6.07) is -1.19. The molecule has 17 nitrogen and oxygen atoms in total. The van der Waals surface area contributed by atoms with E-state index in [9.17, 15) is 44.7 Å². The summed E-state index contributed by atoms with van der Waals surface area (Å²) in [6.07, 6.45) is -2.98. The van der Waals surface area contributed by atoms with Crippen LogP contribution >= 0.6 is 0 Å². The monoisotopic (exact) mass is 853 g/mol. The van der Waals surface area contributed by atoms with Crippen molar-refractivity contribution < 1.29 is 68.4 Å². The van der Waals surface area contributed by atoms with Gasteiger partial charge in [-0.2, -0.15) is 0 Å². The van der Waals surface area contributed by atoms with Gasteiger partial charge in [-0.25, -0.2) is 0 Å². The molecule has 7 N–H and O–H groups in total.